The van der Waals surface area contributed by atoms with Crippen LogP contribution in [-0.2, 0) is 22.4 Å². The highest BCUT2D eigenvalue weighted by Gasteiger charge is 2.49. The fraction of sp³-hybridized carbons (Fsp3) is 0.727. The normalized spacial score (nSPS) is 28.7. The topological polar surface area (TPSA) is 96.1 Å². The van der Waals surface area contributed by atoms with Crippen LogP contribution in [0.2, 0.25) is 0 Å². The fourth-order valence-corrected chi connectivity index (χ4v) is 5.30. The molecular weight excluding hydrogens is 396 g/mol. The molecule has 3 aliphatic rings. The molecule has 3 fully saturated rings. The van der Waals surface area contributed by atoms with Gasteiger partial charge in [0.25, 0.3) is 5.91 Å². The third kappa shape index (κ3) is 4.13. The highest BCUT2D eigenvalue weighted by atomic mass is 16.6. The highest BCUT2D eigenvalue weighted by molar-refractivity contribution is 5.93. The van der Waals surface area contributed by atoms with Gasteiger partial charge in [0, 0.05) is 12.7 Å². The summed E-state index contributed by atoms with van der Waals surface area (Å²) >= 11 is 0. The van der Waals surface area contributed by atoms with Gasteiger partial charge in [0.05, 0.1) is 30.6 Å². The van der Waals surface area contributed by atoms with Crippen molar-refractivity contribution in [3.05, 3.63) is 29.3 Å². The maximum atomic E-state index is 12.8. The molecule has 5 rings (SSSR count). The van der Waals surface area contributed by atoms with Crippen LogP contribution >= 0.6 is 0 Å². The first-order chi connectivity index (χ1) is 15.1. The lowest BCUT2D eigenvalue weighted by atomic mass is 9.86. The Bertz CT molecular complexity index is 918. The molecule has 0 radical (unpaired) electrons. The number of amides is 1. The molecule has 1 N–H and O–H groups in total. The summed E-state index contributed by atoms with van der Waals surface area (Å²) in [5.41, 5.74) is 2.46. The molecule has 0 aromatic carbocycles. The Morgan fingerprint density at radius 3 is 2.81 bits per heavy atom. The van der Waals surface area contributed by atoms with Gasteiger partial charge in [0.2, 0.25) is 0 Å². The Labute approximate surface area is 182 Å². The van der Waals surface area contributed by atoms with Gasteiger partial charge >= 0.3 is 0 Å². The number of nitrogens with zero attached hydrogens (tertiary/aromatic N) is 5. The van der Waals surface area contributed by atoms with E-state index < -0.39 is 0 Å². The molecular formula is C22H32N6O3. The van der Waals surface area contributed by atoms with Crippen LogP contribution in [0.15, 0.2) is 12.3 Å². The molecule has 4 unspecified atom stereocenters. The number of hydrogen-bond acceptors (Lipinski definition) is 6. The maximum absolute atomic E-state index is 12.8. The number of nitrogens with one attached hydrogen (secondary N) is 1. The van der Waals surface area contributed by atoms with Crippen LogP contribution in [-0.4, -0.2) is 62.1 Å². The van der Waals surface area contributed by atoms with Crippen LogP contribution in [0.3, 0.4) is 0 Å². The summed E-state index contributed by atoms with van der Waals surface area (Å²) in [5.74, 6) is 0.591. The first-order valence-corrected chi connectivity index (χ1v) is 11.6. The SMILES string of the molecule is CCn1nc(C)cc1C(=O)NC1COC2C1OCC2n1cc(CC2CCCCC2)nn1. The molecule has 2 aromatic heterocycles. The van der Waals surface area contributed by atoms with Crippen LogP contribution in [0.25, 0.3) is 0 Å². The second kappa shape index (κ2) is 8.70. The summed E-state index contributed by atoms with van der Waals surface area (Å²) in [7, 11) is 0. The van der Waals surface area contributed by atoms with E-state index >= 15 is 0 Å². The molecule has 2 saturated heterocycles. The lowest BCUT2D eigenvalue weighted by Gasteiger charge is -2.20. The van der Waals surface area contributed by atoms with Crippen molar-refractivity contribution in [2.45, 2.75) is 83.2 Å². The van der Waals surface area contributed by atoms with Gasteiger partial charge in [-0.05, 0) is 32.3 Å². The quantitative estimate of drug-likeness (QED) is 0.757. The molecule has 2 aromatic rings. The summed E-state index contributed by atoms with van der Waals surface area (Å²) in [5, 5.41) is 16.3. The number of carbonyl (C=O) groups is 1. The van der Waals surface area contributed by atoms with E-state index in [1.807, 2.05) is 24.6 Å². The number of aryl methyl sites for hydroxylation is 2. The lowest BCUT2D eigenvalue weighted by Crippen LogP contribution is -2.44. The van der Waals surface area contributed by atoms with Crippen LogP contribution in [0.5, 0.6) is 0 Å². The van der Waals surface area contributed by atoms with E-state index in [1.165, 1.54) is 32.1 Å². The van der Waals surface area contributed by atoms with Gasteiger partial charge in [-0.15, -0.1) is 5.10 Å². The molecule has 1 amide bonds. The average molecular weight is 429 g/mol. The number of ether oxygens (including phenoxy) is 2. The summed E-state index contributed by atoms with van der Waals surface area (Å²) in [6.07, 6.45) is 9.37. The highest BCUT2D eigenvalue weighted by Crippen LogP contribution is 2.34. The molecule has 0 bridgehead atoms. The van der Waals surface area contributed by atoms with Gasteiger partial charge in [-0.1, -0.05) is 37.3 Å². The van der Waals surface area contributed by atoms with E-state index in [0.717, 1.165) is 23.7 Å². The zero-order valence-electron chi connectivity index (χ0n) is 18.4. The Kier molecular flexibility index (Phi) is 5.79. The Morgan fingerprint density at radius 1 is 1.19 bits per heavy atom. The Morgan fingerprint density at radius 2 is 2.00 bits per heavy atom. The minimum atomic E-state index is -0.187. The van der Waals surface area contributed by atoms with Gasteiger partial charge in [-0.25, -0.2) is 4.68 Å². The molecule has 4 atom stereocenters. The Hall–Kier alpha value is -2.26. The zero-order valence-corrected chi connectivity index (χ0v) is 18.4. The first kappa shape index (κ1) is 20.6. The number of rotatable bonds is 6. The largest absolute Gasteiger partial charge is 0.371 e. The average Bonchev–Trinajstić information content (AvgIpc) is 3.54. The van der Waals surface area contributed by atoms with Gasteiger partial charge in [0.1, 0.15) is 23.9 Å². The second-order valence-corrected chi connectivity index (χ2v) is 9.13. The van der Waals surface area contributed by atoms with E-state index in [2.05, 4.69) is 26.9 Å². The van der Waals surface area contributed by atoms with Gasteiger partial charge in [-0.3, -0.25) is 9.48 Å². The fourth-order valence-electron chi connectivity index (χ4n) is 5.30. The van der Waals surface area contributed by atoms with Gasteiger partial charge in [-0.2, -0.15) is 5.10 Å². The van der Waals surface area contributed by atoms with Crippen molar-refractivity contribution in [3.63, 3.8) is 0 Å². The number of hydrogen-bond donors (Lipinski definition) is 1. The van der Waals surface area contributed by atoms with Crippen LogP contribution in [0.1, 0.15) is 66.9 Å². The number of fused-ring (bicyclic) bond motifs is 1. The van der Waals surface area contributed by atoms with Crippen molar-refractivity contribution in [3.8, 4) is 0 Å². The molecule has 1 aliphatic carbocycles. The first-order valence-electron chi connectivity index (χ1n) is 11.6. The molecule has 2 aliphatic heterocycles. The molecule has 9 heteroatoms. The van der Waals surface area contributed by atoms with Crippen LogP contribution < -0.4 is 5.32 Å². The molecule has 168 valence electrons. The summed E-state index contributed by atoms with van der Waals surface area (Å²) in [6.45, 7) is 5.46. The summed E-state index contributed by atoms with van der Waals surface area (Å²) < 4.78 is 15.8. The maximum Gasteiger partial charge on any atom is 0.269 e. The zero-order chi connectivity index (χ0) is 21.4. The van der Waals surface area contributed by atoms with Crippen LogP contribution in [0.4, 0.5) is 0 Å². The van der Waals surface area contributed by atoms with Crippen LogP contribution in [0, 0.1) is 12.8 Å². The Balaban J connectivity index is 1.21. The van der Waals surface area contributed by atoms with E-state index in [0.29, 0.717) is 25.5 Å². The van der Waals surface area contributed by atoms with Gasteiger partial charge < -0.3 is 14.8 Å². The van der Waals surface area contributed by atoms with Crippen molar-refractivity contribution in [1.82, 2.24) is 30.1 Å². The monoisotopic (exact) mass is 428 g/mol. The van der Waals surface area contributed by atoms with E-state index in [-0.39, 0.29) is 30.2 Å². The summed E-state index contributed by atoms with van der Waals surface area (Å²) in [6, 6.07) is 1.62. The molecule has 9 nitrogen and oxygen atoms in total. The van der Waals surface area contributed by atoms with E-state index in [9.17, 15) is 4.79 Å². The predicted molar refractivity (Wildman–Crippen MR) is 113 cm³/mol. The smallest absolute Gasteiger partial charge is 0.269 e. The molecule has 1 saturated carbocycles. The van der Waals surface area contributed by atoms with Crippen molar-refractivity contribution in [2.75, 3.05) is 13.2 Å². The van der Waals surface area contributed by atoms with Crippen molar-refractivity contribution in [1.29, 1.82) is 0 Å². The van der Waals surface area contributed by atoms with E-state index in [4.69, 9.17) is 9.47 Å². The minimum absolute atomic E-state index is 0.0112. The molecule has 31 heavy (non-hydrogen) atoms. The van der Waals surface area contributed by atoms with E-state index in [1.54, 1.807) is 4.68 Å². The van der Waals surface area contributed by atoms with Crippen molar-refractivity contribution in [2.24, 2.45) is 5.92 Å². The number of aromatic nitrogens is 5. The van der Waals surface area contributed by atoms with Gasteiger partial charge in [0.15, 0.2) is 0 Å². The molecule has 4 heterocycles. The molecule has 0 spiro atoms. The van der Waals surface area contributed by atoms with Crippen molar-refractivity contribution < 1.29 is 14.3 Å². The third-order valence-electron chi connectivity index (χ3n) is 6.90. The van der Waals surface area contributed by atoms with Crippen molar-refractivity contribution >= 4 is 5.91 Å². The standard InChI is InChI=1S/C22H32N6O3/c1-3-27-18(9-14(2)25-27)22(29)23-17-12-30-21-19(13-31-20(17)21)28-11-16(24-26-28)10-15-7-5-4-6-8-15/h9,11,15,17,19-21H,3-8,10,12-13H2,1-2H3,(H,23,29). The predicted octanol–water partition coefficient (Wildman–Crippen LogP) is 2.06. The number of carbonyl (C=O) groups excluding carboxylic acids is 1. The minimum Gasteiger partial charge on any atom is -0.371 e. The third-order valence-corrected chi connectivity index (χ3v) is 6.90. The second-order valence-electron chi connectivity index (χ2n) is 9.13. The lowest BCUT2D eigenvalue weighted by molar-refractivity contribution is 0.0613. The summed E-state index contributed by atoms with van der Waals surface area (Å²) in [4.78, 5) is 12.8.